The highest BCUT2D eigenvalue weighted by Gasteiger charge is 2.10. The van der Waals surface area contributed by atoms with Crippen LogP contribution >= 0.6 is 0 Å². The van der Waals surface area contributed by atoms with Crippen LogP contribution in [0.4, 0.5) is 0 Å². The third-order valence-corrected chi connectivity index (χ3v) is 2.74. The van der Waals surface area contributed by atoms with Crippen molar-refractivity contribution in [1.82, 2.24) is 4.90 Å². The number of nitrogens with zero attached hydrogens (tertiary/aromatic N) is 1. The van der Waals surface area contributed by atoms with Gasteiger partial charge in [0, 0.05) is 19.6 Å². The highest BCUT2D eigenvalue weighted by atomic mass is 16.3. The van der Waals surface area contributed by atoms with Gasteiger partial charge in [0.05, 0.1) is 19.3 Å². The Morgan fingerprint density at radius 3 is 2.06 bits per heavy atom. The summed E-state index contributed by atoms with van der Waals surface area (Å²) >= 11 is 0. The minimum Gasteiger partial charge on any atom is -0.395 e. The molecule has 4 heteroatoms. The van der Waals surface area contributed by atoms with E-state index in [1.54, 1.807) is 0 Å². The smallest absolute Gasteiger partial charge is 0.0802 e. The van der Waals surface area contributed by atoms with Crippen LogP contribution in [0, 0.1) is 0 Å². The average Bonchev–Trinajstić information content (AvgIpc) is 2.37. The summed E-state index contributed by atoms with van der Waals surface area (Å²) in [5.74, 6) is 0. The third-order valence-electron chi connectivity index (χ3n) is 2.74. The van der Waals surface area contributed by atoms with Gasteiger partial charge in [0.1, 0.15) is 0 Å². The van der Waals surface area contributed by atoms with Crippen molar-refractivity contribution in [3.8, 4) is 0 Å². The third kappa shape index (κ3) is 5.28. The fraction of sp³-hybridized carbons (Fsp3) is 0.538. The molecular formula is C13H21NO3. The van der Waals surface area contributed by atoms with Gasteiger partial charge < -0.3 is 15.3 Å². The first kappa shape index (κ1) is 14.1. The Hall–Kier alpha value is -0.940. The zero-order chi connectivity index (χ0) is 12.5. The topological polar surface area (TPSA) is 63.9 Å². The van der Waals surface area contributed by atoms with Crippen LogP contribution in [0.5, 0.6) is 0 Å². The van der Waals surface area contributed by atoms with Crippen molar-refractivity contribution in [3.05, 3.63) is 35.9 Å². The van der Waals surface area contributed by atoms with Gasteiger partial charge in [0.15, 0.2) is 0 Å². The molecule has 0 aromatic heterocycles. The van der Waals surface area contributed by atoms with E-state index in [4.69, 9.17) is 10.2 Å². The van der Waals surface area contributed by atoms with Crippen molar-refractivity contribution in [2.24, 2.45) is 0 Å². The van der Waals surface area contributed by atoms with E-state index >= 15 is 0 Å². The predicted molar refractivity (Wildman–Crippen MR) is 66.6 cm³/mol. The first-order chi connectivity index (χ1) is 8.27. The number of benzene rings is 1. The summed E-state index contributed by atoms with van der Waals surface area (Å²) in [5.41, 5.74) is 0.903. The molecule has 96 valence electrons. The Morgan fingerprint density at radius 2 is 1.53 bits per heavy atom. The minimum atomic E-state index is -0.490. The molecule has 1 aromatic rings. The number of rotatable bonds is 8. The van der Waals surface area contributed by atoms with Crippen molar-refractivity contribution in [2.45, 2.75) is 12.5 Å². The van der Waals surface area contributed by atoms with Gasteiger partial charge in [-0.25, -0.2) is 0 Å². The van der Waals surface area contributed by atoms with Crippen molar-refractivity contribution >= 4 is 0 Å². The molecule has 0 bridgehead atoms. The van der Waals surface area contributed by atoms with Crippen LogP contribution in [0.25, 0.3) is 0 Å². The van der Waals surface area contributed by atoms with E-state index in [1.165, 1.54) is 0 Å². The number of aliphatic hydroxyl groups excluding tert-OH is 3. The van der Waals surface area contributed by atoms with Gasteiger partial charge in [-0.3, -0.25) is 4.90 Å². The van der Waals surface area contributed by atoms with E-state index < -0.39 is 6.10 Å². The van der Waals surface area contributed by atoms with Gasteiger partial charge in [-0.1, -0.05) is 30.3 Å². The summed E-state index contributed by atoms with van der Waals surface area (Å²) in [6.07, 6.45) is 0.111. The Kier molecular flexibility index (Phi) is 6.81. The quantitative estimate of drug-likeness (QED) is 0.614. The Labute approximate surface area is 102 Å². The van der Waals surface area contributed by atoms with E-state index in [2.05, 4.69) is 0 Å². The Balaban J connectivity index is 2.38. The van der Waals surface area contributed by atoms with Crippen molar-refractivity contribution in [3.63, 3.8) is 0 Å². The lowest BCUT2D eigenvalue weighted by Gasteiger charge is -2.21. The van der Waals surface area contributed by atoms with Crippen LogP contribution in [0.1, 0.15) is 18.1 Å². The second-order valence-electron chi connectivity index (χ2n) is 4.00. The highest BCUT2D eigenvalue weighted by Crippen LogP contribution is 2.16. The molecule has 3 N–H and O–H groups in total. The summed E-state index contributed by atoms with van der Waals surface area (Å²) in [5, 5.41) is 27.7. The second kappa shape index (κ2) is 8.20. The molecule has 0 aliphatic carbocycles. The van der Waals surface area contributed by atoms with Gasteiger partial charge in [-0.2, -0.15) is 0 Å². The van der Waals surface area contributed by atoms with Crippen LogP contribution in [0.2, 0.25) is 0 Å². The fourth-order valence-electron chi connectivity index (χ4n) is 1.76. The number of aliphatic hydroxyl groups is 3. The number of hydrogen-bond acceptors (Lipinski definition) is 4. The van der Waals surface area contributed by atoms with Gasteiger partial charge in [-0.05, 0) is 12.0 Å². The lowest BCUT2D eigenvalue weighted by Crippen LogP contribution is -2.31. The molecule has 1 rings (SSSR count). The van der Waals surface area contributed by atoms with Crippen molar-refractivity contribution in [2.75, 3.05) is 32.8 Å². The first-order valence-corrected chi connectivity index (χ1v) is 5.95. The van der Waals surface area contributed by atoms with Crippen molar-refractivity contribution in [1.29, 1.82) is 0 Å². The largest absolute Gasteiger partial charge is 0.395 e. The maximum atomic E-state index is 9.95. The lowest BCUT2D eigenvalue weighted by atomic mass is 10.1. The molecule has 0 amide bonds. The molecule has 0 aliphatic rings. The molecule has 0 radical (unpaired) electrons. The maximum absolute atomic E-state index is 9.95. The van der Waals surface area contributed by atoms with E-state index in [-0.39, 0.29) is 13.2 Å². The fourth-order valence-corrected chi connectivity index (χ4v) is 1.76. The summed E-state index contributed by atoms with van der Waals surface area (Å²) < 4.78 is 0. The average molecular weight is 239 g/mol. The minimum absolute atomic E-state index is 0.0709. The maximum Gasteiger partial charge on any atom is 0.0802 e. The van der Waals surface area contributed by atoms with E-state index in [9.17, 15) is 5.11 Å². The zero-order valence-electron chi connectivity index (χ0n) is 10.00. The SMILES string of the molecule is OCCN(CCO)CCC(O)c1ccccc1. The summed E-state index contributed by atoms with van der Waals surface area (Å²) in [7, 11) is 0. The molecule has 17 heavy (non-hydrogen) atoms. The molecule has 0 saturated heterocycles. The molecule has 0 saturated carbocycles. The van der Waals surface area contributed by atoms with E-state index in [0.717, 1.165) is 5.56 Å². The molecule has 0 fully saturated rings. The van der Waals surface area contributed by atoms with Gasteiger partial charge in [-0.15, -0.1) is 0 Å². The highest BCUT2D eigenvalue weighted by molar-refractivity contribution is 5.17. The molecule has 0 aliphatic heterocycles. The molecule has 0 spiro atoms. The first-order valence-electron chi connectivity index (χ1n) is 5.95. The lowest BCUT2D eigenvalue weighted by molar-refractivity contribution is 0.118. The van der Waals surface area contributed by atoms with Crippen LogP contribution in [-0.4, -0.2) is 53.1 Å². The summed E-state index contributed by atoms with van der Waals surface area (Å²) in [4.78, 5) is 1.94. The van der Waals surface area contributed by atoms with E-state index in [0.29, 0.717) is 26.1 Å². The standard InChI is InChI=1S/C13H21NO3/c15-10-8-14(9-11-16)7-6-13(17)12-4-2-1-3-5-12/h1-5,13,15-17H,6-11H2. The monoisotopic (exact) mass is 239 g/mol. The van der Waals surface area contributed by atoms with Gasteiger partial charge in [0.2, 0.25) is 0 Å². The molecule has 0 heterocycles. The van der Waals surface area contributed by atoms with Gasteiger partial charge >= 0.3 is 0 Å². The van der Waals surface area contributed by atoms with E-state index in [1.807, 2.05) is 35.2 Å². The van der Waals surface area contributed by atoms with Crippen LogP contribution < -0.4 is 0 Å². The Morgan fingerprint density at radius 1 is 0.941 bits per heavy atom. The normalized spacial score (nSPS) is 12.9. The predicted octanol–water partition coefficient (Wildman–Crippen LogP) is 0.397. The Bertz CT molecular complexity index is 286. The molecular weight excluding hydrogens is 218 g/mol. The molecule has 1 atom stereocenters. The second-order valence-corrected chi connectivity index (χ2v) is 4.00. The molecule has 1 aromatic carbocycles. The molecule has 1 unspecified atom stereocenters. The molecule has 4 nitrogen and oxygen atoms in total. The van der Waals surface area contributed by atoms with Crippen LogP contribution in [0.15, 0.2) is 30.3 Å². The summed E-state index contributed by atoms with van der Waals surface area (Å²) in [6, 6.07) is 9.51. The zero-order valence-corrected chi connectivity index (χ0v) is 10.00. The van der Waals surface area contributed by atoms with Crippen LogP contribution in [0.3, 0.4) is 0 Å². The summed E-state index contributed by atoms with van der Waals surface area (Å²) in [6.45, 7) is 1.87. The van der Waals surface area contributed by atoms with Crippen LogP contribution in [-0.2, 0) is 0 Å². The number of hydrogen-bond donors (Lipinski definition) is 3. The van der Waals surface area contributed by atoms with Crippen molar-refractivity contribution < 1.29 is 15.3 Å². The van der Waals surface area contributed by atoms with Gasteiger partial charge in [0.25, 0.3) is 0 Å².